The summed E-state index contributed by atoms with van der Waals surface area (Å²) in [5, 5.41) is 4.52. The molecule has 2 aromatic carbocycles. The molecule has 3 rings (SSSR count). The van der Waals surface area contributed by atoms with Crippen molar-refractivity contribution in [2.45, 2.75) is 0 Å². The van der Waals surface area contributed by atoms with Gasteiger partial charge in [-0.15, -0.1) is 0 Å². The second kappa shape index (κ2) is 5.13. The maximum Gasteiger partial charge on any atom is 0.248 e. The van der Waals surface area contributed by atoms with Crippen LogP contribution in [0.1, 0.15) is 15.9 Å². The standard InChI is InChI=1S/C16H14N4O/c17-16(21)13-6-5-12-7-14(20-15(12)8-13)11-3-1-10(2-4-11)9-19-18/h1-9,20H,18H2,(H2,17,21). The van der Waals surface area contributed by atoms with Gasteiger partial charge in [-0.1, -0.05) is 30.3 Å². The molecule has 0 aliphatic carbocycles. The molecule has 5 nitrogen and oxygen atoms in total. The lowest BCUT2D eigenvalue weighted by molar-refractivity contribution is 0.100. The van der Waals surface area contributed by atoms with Crippen molar-refractivity contribution in [3.63, 3.8) is 0 Å². The number of carbonyl (C=O) groups is 1. The zero-order valence-corrected chi connectivity index (χ0v) is 11.2. The van der Waals surface area contributed by atoms with Crippen LogP contribution in [0.15, 0.2) is 53.6 Å². The molecular formula is C16H14N4O. The molecule has 104 valence electrons. The third-order valence-electron chi connectivity index (χ3n) is 3.35. The fraction of sp³-hybridized carbons (Fsp3) is 0. The highest BCUT2D eigenvalue weighted by Gasteiger charge is 2.06. The lowest BCUT2D eigenvalue weighted by Crippen LogP contribution is -2.10. The molecule has 0 saturated heterocycles. The van der Waals surface area contributed by atoms with Gasteiger partial charge < -0.3 is 16.6 Å². The van der Waals surface area contributed by atoms with E-state index >= 15 is 0 Å². The number of aromatic amines is 1. The monoisotopic (exact) mass is 278 g/mol. The fourth-order valence-corrected chi connectivity index (χ4v) is 2.27. The third-order valence-corrected chi connectivity index (χ3v) is 3.35. The van der Waals surface area contributed by atoms with Crippen LogP contribution in [0.4, 0.5) is 0 Å². The maximum atomic E-state index is 11.2. The van der Waals surface area contributed by atoms with Gasteiger partial charge in [-0.2, -0.15) is 5.10 Å². The summed E-state index contributed by atoms with van der Waals surface area (Å²) >= 11 is 0. The Labute approximate surface area is 121 Å². The van der Waals surface area contributed by atoms with E-state index in [1.807, 2.05) is 36.4 Å². The predicted octanol–water partition coefficient (Wildman–Crippen LogP) is 2.23. The Hall–Kier alpha value is -3.08. The number of nitrogens with two attached hydrogens (primary N) is 2. The number of hydrazone groups is 1. The lowest BCUT2D eigenvalue weighted by Gasteiger charge is -1.98. The minimum Gasteiger partial charge on any atom is -0.366 e. The Morgan fingerprint density at radius 1 is 1.10 bits per heavy atom. The maximum absolute atomic E-state index is 11.2. The van der Waals surface area contributed by atoms with E-state index in [0.29, 0.717) is 5.56 Å². The van der Waals surface area contributed by atoms with Crippen molar-refractivity contribution in [3.8, 4) is 11.3 Å². The highest BCUT2D eigenvalue weighted by Crippen LogP contribution is 2.25. The average Bonchev–Trinajstić information content (AvgIpc) is 2.91. The van der Waals surface area contributed by atoms with Crippen molar-refractivity contribution in [1.29, 1.82) is 0 Å². The predicted molar refractivity (Wildman–Crippen MR) is 84.0 cm³/mol. The van der Waals surface area contributed by atoms with E-state index in [-0.39, 0.29) is 0 Å². The van der Waals surface area contributed by atoms with Crippen LogP contribution in [-0.2, 0) is 0 Å². The molecule has 0 saturated carbocycles. The Morgan fingerprint density at radius 2 is 1.86 bits per heavy atom. The Bertz CT molecular complexity index is 831. The number of carbonyl (C=O) groups excluding carboxylic acids is 1. The van der Waals surface area contributed by atoms with Crippen molar-refractivity contribution in [2.75, 3.05) is 0 Å². The van der Waals surface area contributed by atoms with Crippen LogP contribution in [-0.4, -0.2) is 17.1 Å². The van der Waals surface area contributed by atoms with E-state index in [1.165, 1.54) is 0 Å². The average molecular weight is 278 g/mol. The topological polar surface area (TPSA) is 97.3 Å². The summed E-state index contributed by atoms with van der Waals surface area (Å²) in [6.07, 6.45) is 1.59. The molecule has 0 fully saturated rings. The number of nitrogens with zero attached hydrogens (tertiary/aromatic N) is 1. The molecule has 21 heavy (non-hydrogen) atoms. The molecular weight excluding hydrogens is 264 g/mol. The fourth-order valence-electron chi connectivity index (χ4n) is 2.27. The molecule has 5 heteroatoms. The molecule has 0 radical (unpaired) electrons. The zero-order chi connectivity index (χ0) is 14.8. The van der Waals surface area contributed by atoms with Crippen molar-refractivity contribution >= 4 is 23.0 Å². The minimum atomic E-state index is -0.432. The first-order valence-corrected chi connectivity index (χ1v) is 6.43. The lowest BCUT2D eigenvalue weighted by atomic mass is 10.1. The zero-order valence-electron chi connectivity index (χ0n) is 11.2. The van der Waals surface area contributed by atoms with E-state index in [2.05, 4.69) is 10.1 Å². The van der Waals surface area contributed by atoms with Crippen molar-refractivity contribution < 1.29 is 4.79 Å². The van der Waals surface area contributed by atoms with Gasteiger partial charge in [0.25, 0.3) is 0 Å². The molecule has 0 aliphatic heterocycles. The van der Waals surface area contributed by atoms with Gasteiger partial charge in [-0.25, -0.2) is 0 Å². The number of primary amides is 1. The minimum absolute atomic E-state index is 0.432. The second-order valence-electron chi connectivity index (χ2n) is 4.75. The molecule has 1 amide bonds. The summed E-state index contributed by atoms with van der Waals surface area (Å²) in [5.74, 6) is 4.69. The summed E-state index contributed by atoms with van der Waals surface area (Å²) in [6.45, 7) is 0. The number of H-pyrrole nitrogens is 1. The smallest absolute Gasteiger partial charge is 0.248 e. The summed E-state index contributed by atoms with van der Waals surface area (Å²) in [5.41, 5.74) is 9.62. The van der Waals surface area contributed by atoms with Crippen LogP contribution in [0.5, 0.6) is 0 Å². The number of aromatic nitrogens is 1. The number of amides is 1. The number of hydrogen-bond acceptors (Lipinski definition) is 3. The number of hydrogen-bond donors (Lipinski definition) is 3. The SMILES string of the molecule is NN=Cc1ccc(-c2cc3ccc(C(N)=O)cc3[nH]2)cc1. The van der Waals surface area contributed by atoms with Crippen LogP contribution in [0.25, 0.3) is 22.2 Å². The first kappa shape index (κ1) is 12.9. The highest BCUT2D eigenvalue weighted by atomic mass is 16.1. The van der Waals surface area contributed by atoms with Crippen molar-refractivity contribution in [1.82, 2.24) is 4.98 Å². The molecule has 1 heterocycles. The van der Waals surface area contributed by atoms with Gasteiger partial charge in [-0.3, -0.25) is 4.79 Å². The molecule has 0 bridgehead atoms. The first-order valence-electron chi connectivity index (χ1n) is 6.43. The van der Waals surface area contributed by atoms with Crippen LogP contribution in [0.3, 0.4) is 0 Å². The Kier molecular flexibility index (Phi) is 3.16. The Morgan fingerprint density at radius 3 is 2.52 bits per heavy atom. The number of nitrogens with one attached hydrogen (secondary N) is 1. The highest BCUT2D eigenvalue weighted by molar-refractivity contribution is 5.97. The normalized spacial score (nSPS) is 11.2. The van der Waals surface area contributed by atoms with Crippen LogP contribution in [0, 0.1) is 0 Å². The van der Waals surface area contributed by atoms with Gasteiger partial charge in [0.1, 0.15) is 0 Å². The van der Waals surface area contributed by atoms with E-state index in [1.54, 1.807) is 18.3 Å². The van der Waals surface area contributed by atoms with Gasteiger partial charge in [0, 0.05) is 22.2 Å². The summed E-state index contributed by atoms with van der Waals surface area (Å²) in [7, 11) is 0. The third kappa shape index (κ3) is 2.49. The largest absolute Gasteiger partial charge is 0.366 e. The van der Waals surface area contributed by atoms with E-state index in [4.69, 9.17) is 11.6 Å². The molecule has 5 N–H and O–H groups in total. The van der Waals surface area contributed by atoms with Crippen molar-refractivity contribution in [2.24, 2.45) is 16.7 Å². The first-order chi connectivity index (χ1) is 10.2. The molecule has 1 aromatic heterocycles. The van der Waals surface area contributed by atoms with Crippen LogP contribution >= 0.6 is 0 Å². The van der Waals surface area contributed by atoms with Gasteiger partial charge in [-0.05, 0) is 29.3 Å². The molecule has 0 aliphatic rings. The van der Waals surface area contributed by atoms with Crippen LogP contribution < -0.4 is 11.6 Å². The van der Waals surface area contributed by atoms with E-state index in [9.17, 15) is 4.79 Å². The van der Waals surface area contributed by atoms with Gasteiger partial charge in [0.2, 0.25) is 5.91 Å². The van der Waals surface area contributed by atoms with E-state index < -0.39 is 5.91 Å². The molecule has 0 spiro atoms. The molecule has 0 atom stereocenters. The summed E-state index contributed by atoms with van der Waals surface area (Å²) in [6, 6.07) is 15.2. The van der Waals surface area contributed by atoms with Gasteiger partial charge >= 0.3 is 0 Å². The van der Waals surface area contributed by atoms with Crippen molar-refractivity contribution in [3.05, 3.63) is 59.7 Å². The van der Waals surface area contributed by atoms with Gasteiger partial charge in [0.15, 0.2) is 0 Å². The van der Waals surface area contributed by atoms with Gasteiger partial charge in [0.05, 0.1) is 6.21 Å². The number of fused-ring (bicyclic) bond motifs is 1. The summed E-state index contributed by atoms with van der Waals surface area (Å²) in [4.78, 5) is 14.5. The molecule has 3 aromatic rings. The van der Waals surface area contributed by atoms with Crippen LogP contribution in [0.2, 0.25) is 0 Å². The Balaban J connectivity index is 2.02. The molecule has 0 unspecified atom stereocenters. The van der Waals surface area contributed by atoms with E-state index in [0.717, 1.165) is 27.7 Å². The number of rotatable bonds is 3. The summed E-state index contributed by atoms with van der Waals surface area (Å²) < 4.78 is 0. The quantitative estimate of drug-likeness (QED) is 0.389. The number of benzene rings is 2. The second-order valence-corrected chi connectivity index (χ2v) is 4.75.